The highest BCUT2D eigenvalue weighted by atomic mass is 15.0. The van der Waals surface area contributed by atoms with Gasteiger partial charge in [0.1, 0.15) is 0 Å². The Kier molecular flexibility index (Phi) is 6.27. The van der Waals surface area contributed by atoms with Gasteiger partial charge in [-0.1, -0.05) is 38.3 Å². The molecule has 0 aliphatic carbocycles. The van der Waals surface area contributed by atoms with E-state index in [4.69, 9.17) is 0 Å². The molecule has 2 heterocycles. The molecular formula is C18H29N3. The van der Waals surface area contributed by atoms with E-state index in [0.29, 0.717) is 12.0 Å². The third kappa shape index (κ3) is 4.08. The van der Waals surface area contributed by atoms with E-state index in [9.17, 15) is 0 Å². The molecule has 2 rings (SSSR count). The van der Waals surface area contributed by atoms with Gasteiger partial charge in [0.25, 0.3) is 0 Å². The van der Waals surface area contributed by atoms with Crippen LogP contribution in [0.1, 0.15) is 19.8 Å². The minimum Gasteiger partial charge on any atom is -0.381 e. The predicted octanol–water partition coefficient (Wildman–Crippen LogP) is 2.37. The van der Waals surface area contributed by atoms with Crippen LogP contribution in [0.3, 0.4) is 0 Å². The van der Waals surface area contributed by atoms with Gasteiger partial charge in [-0.15, -0.1) is 0 Å². The van der Waals surface area contributed by atoms with Gasteiger partial charge in [0.15, 0.2) is 0 Å². The van der Waals surface area contributed by atoms with E-state index in [1.807, 2.05) is 12.2 Å². The van der Waals surface area contributed by atoms with Crippen LogP contribution >= 0.6 is 0 Å². The molecule has 0 aromatic heterocycles. The van der Waals surface area contributed by atoms with Crippen molar-refractivity contribution in [1.29, 1.82) is 0 Å². The first-order valence-corrected chi connectivity index (χ1v) is 8.12. The summed E-state index contributed by atoms with van der Waals surface area (Å²) in [7, 11) is 0. The molecule has 3 unspecified atom stereocenters. The maximum atomic E-state index is 3.83. The summed E-state index contributed by atoms with van der Waals surface area (Å²) in [5.74, 6) is 1.46. The van der Waals surface area contributed by atoms with Crippen LogP contribution in [0.15, 0.2) is 48.7 Å². The van der Waals surface area contributed by atoms with Gasteiger partial charge in [0, 0.05) is 18.3 Å². The van der Waals surface area contributed by atoms with E-state index in [-0.39, 0.29) is 0 Å². The van der Waals surface area contributed by atoms with E-state index >= 15 is 0 Å². The molecule has 21 heavy (non-hydrogen) atoms. The molecule has 0 aromatic carbocycles. The minimum atomic E-state index is 0.532. The lowest BCUT2D eigenvalue weighted by atomic mass is 9.85. The Hall–Kier alpha value is -1.32. The molecule has 2 fully saturated rings. The number of rotatable bonds is 7. The highest BCUT2D eigenvalue weighted by Crippen LogP contribution is 2.33. The number of hydrogen-bond acceptors (Lipinski definition) is 3. The molecule has 0 bridgehead atoms. The van der Waals surface area contributed by atoms with Gasteiger partial charge in [-0.25, -0.2) is 0 Å². The fourth-order valence-corrected chi connectivity index (χ4v) is 3.53. The molecule has 116 valence electrons. The third-order valence-corrected chi connectivity index (χ3v) is 4.58. The average Bonchev–Trinajstić information content (AvgIpc) is 3.07. The first kappa shape index (κ1) is 16.1. The van der Waals surface area contributed by atoms with Gasteiger partial charge >= 0.3 is 0 Å². The molecule has 2 aliphatic heterocycles. The number of allylic oxidation sites excluding steroid dienone is 5. The van der Waals surface area contributed by atoms with Crippen LogP contribution < -0.4 is 16.0 Å². The van der Waals surface area contributed by atoms with E-state index in [1.165, 1.54) is 17.7 Å². The summed E-state index contributed by atoms with van der Waals surface area (Å²) in [6.07, 6.45) is 10.3. The van der Waals surface area contributed by atoms with Crippen LogP contribution in [-0.4, -0.2) is 32.2 Å². The normalized spacial score (nSPS) is 32.5. The monoisotopic (exact) mass is 287 g/mol. The third-order valence-electron chi connectivity index (χ3n) is 4.58. The zero-order valence-electron chi connectivity index (χ0n) is 13.2. The van der Waals surface area contributed by atoms with Crippen LogP contribution in [0.2, 0.25) is 0 Å². The minimum absolute atomic E-state index is 0.532. The molecule has 2 saturated heterocycles. The first-order valence-electron chi connectivity index (χ1n) is 8.12. The van der Waals surface area contributed by atoms with Crippen LogP contribution in [0.5, 0.6) is 0 Å². The molecule has 0 radical (unpaired) electrons. The molecule has 3 heteroatoms. The Labute approximate surface area is 129 Å². The number of nitrogens with one attached hydrogen (secondary N) is 3. The lowest BCUT2D eigenvalue weighted by Crippen LogP contribution is -2.35. The van der Waals surface area contributed by atoms with E-state index in [1.54, 1.807) is 0 Å². The molecule has 2 aliphatic rings. The standard InChI is InChI=1S/C18H29N3/c1-4-7-14-11-18(21-17(14)8-5-2)16-13-20-12-15(16)9-10-19-6-3/h4-5,7-8,15-16,18-21H,1-2,6,9-13H2,3H3/b14-7-,17-8+. The van der Waals surface area contributed by atoms with Gasteiger partial charge in [-0.3, -0.25) is 0 Å². The molecule has 0 saturated carbocycles. The molecule has 3 nitrogen and oxygen atoms in total. The molecule has 0 amide bonds. The summed E-state index contributed by atoms with van der Waals surface area (Å²) in [6.45, 7) is 14.3. The Morgan fingerprint density at radius 3 is 2.76 bits per heavy atom. The quantitative estimate of drug-likeness (QED) is 0.629. The fraction of sp³-hybridized carbons (Fsp3) is 0.556. The predicted molar refractivity (Wildman–Crippen MR) is 91.1 cm³/mol. The van der Waals surface area contributed by atoms with E-state index in [0.717, 1.165) is 38.5 Å². The van der Waals surface area contributed by atoms with Crippen molar-refractivity contribution in [3.05, 3.63) is 48.7 Å². The van der Waals surface area contributed by atoms with Crippen molar-refractivity contribution in [3.63, 3.8) is 0 Å². The second-order valence-corrected chi connectivity index (χ2v) is 5.92. The topological polar surface area (TPSA) is 36.1 Å². The molecule has 0 spiro atoms. The van der Waals surface area contributed by atoms with Crippen molar-refractivity contribution in [3.8, 4) is 0 Å². The number of hydrogen-bond donors (Lipinski definition) is 3. The lowest BCUT2D eigenvalue weighted by Gasteiger charge is -2.25. The average molecular weight is 287 g/mol. The Morgan fingerprint density at radius 2 is 2.05 bits per heavy atom. The van der Waals surface area contributed by atoms with Crippen molar-refractivity contribution in [2.75, 3.05) is 26.2 Å². The summed E-state index contributed by atoms with van der Waals surface area (Å²) >= 11 is 0. The zero-order chi connectivity index (χ0) is 15.1. The van der Waals surface area contributed by atoms with E-state index < -0.39 is 0 Å². The van der Waals surface area contributed by atoms with Crippen LogP contribution in [0, 0.1) is 11.8 Å². The second kappa shape index (κ2) is 8.20. The summed E-state index contributed by atoms with van der Waals surface area (Å²) in [6, 6.07) is 0.532. The first-order chi connectivity index (χ1) is 10.3. The zero-order valence-corrected chi connectivity index (χ0v) is 13.2. The van der Waals surface area contributed by atoms with Gasteiger partial charge in [0.05, 0.1) is 0 Å². The Balaban J connectivity index is 2.01. The fourth-order valence-electron chi connectivity index (χ4n) is 3.53. The highest BCUT2D eigenvalue weighted by molar-refractivity contribution is 5.39. The van der Waals surface area contributed by atoms with Crippen molar-refractivity contribution in [1.82, 2.24) is 16.0 Å². The van der Waals surface area contributed by atoms with Crippen molar-refractivity contribution in [2.24, 2.45) is 11.8 Å². The van der Waals surface area contributed by atoms with Crippen molar-refractivity contribution < 1.29 is 0 Å². The second-order valence-electron chi connectivity index (χ2n) is 5.92. The Bertz CT molecular complexity index is 396. The maximum Gasteiger partial charge on any atom is 0.0375 e. The highest BCUT2D eigenvalue weighted by Gasteiger charge is 2.37. The summed E-state index contributed by atoms with van der Waals surface area (Å²) in [4.78, 5) is 0. The van der Waals surface area contributed by atoms with Crippen LogP contribution in [0.4, 0.5) is 0 Å². The summed E-state index contributed by atoms with van der Waals surface area (Å²) in [5, 5.41) is 10.7. The van der Waals surface area contributed by atoms with Crippen molar-refractivity contribution in [2.45, 2.75) is 25.8 Å². The summed E-state index contributed by atoms with van der Waals surface area (Å²) in [5.41, 5.74) is 2.57. The molecular weight excluding hydrogens is 258 g/mol. The lowest BCUT2D eigenvalue weighted by molar-refractivity contribution is 0.316. The summed E-state index contributed by atoms with van der Waals surface area (Å²) < 4.78 is 0. The smallest absolute Gasteiger partial charge is 0.0375 e. The molecule has 0 aromatic rings. The van der Waals surface area contributed by atoms with Crippen molar-refractivity contribution >= 4 is 0 Å². The maximum absolute atomic E-state index is 3.83. The van der Waals surface area contributed by atoms with Crippen LogP contribution in [-0.2, 0) is 0 Å². The van der Waals surface area contributed by atoms with Gasteiger partial charge in [-0.05, 0) is 56.0 Å². The molecule has 3 atom stereocenters. The van der Waals surface area contributed by atoms with Crippen LogP contribution in [0.25, 0.3) is 0 Å². The molecule has 3 N–H and O–H groups in total. The largest absolute Gasteiger partial charge is 0.381 e. The SMILES string of the molecule is C=C/C=C1/CC(C2CNCC2CCNCC)N/C1=C/C=C. The van der Waals surface area contributed by atoms with Gasteiger partial charge in [-0.2, -0.15) is 0 Å². The van der Waals surface area contributed by atoms with Gasteiger partial charge in [0.2, 0.25) is 0 Å². The Morgan fingerprint density at radius 1 is 1.24 bits per heavy atom. The van der Waals surface area contributed by atoms with E-state index in [2.05, 4.69) is 48.2 Å². The van der Waals surface area contributed by atoms with Gasteiger partial charge < -0.3 is 16.0 Å².